The summed E-state index contributed by atoms with van der Waals surface area (Å²) in [7, 11) is -5.03. The molecule has 11 aliphatic rings. The maximum atomic E-state index is 12.3. The van der Waals surface area contributed by atoms with Crippen LogP contribution >= 0.6 is 0 Å². The molecule has 0 spiro atoms. The summed E-state index contributed by atoms with van der Waals surface area (Å²) in [5.74, 6) is -1.89. The van der Waals surface area contributed by atoms with E-state index in [1.165, 1.54) is 18.2 Å². The van der Waals surface area contributed by atoms with Gasteiger partial charge < -0.3 is 77.1 Å². The van der Waals surface area contributed by atoms with Gasteiger partial charge in [-0.05, 0) is 91.1 Å². The van der Waals surface area contributed by atoms with E-state index < -0.39 is 111 Å². The Balaban J connectivity index is 0.00000672. The van der Waals surface area contributed by atoms with Gasteiger partial charge in [0.2, 0.25) is 10.4 Å². The molecule has 1 unspecified atom stereocenters. The van der Waals surface area contributed by atoms with E-state index in [2.05, 4.69) is 33.9 Å². The van der Waals surface area contributed by atoms with Crippen molar-refractivity contribution in [3.63, 3.8) is 0 Å². The number of aliphatic hydroxyl groups excluding tert-OH is 2. The third-order valence-electron chi connectivity index (χ3n) is 19.6. The van der Waals surface area contributed by atoms with Crippen molar-refractivity contribution >= 4 is 16.4 Å². The number of carboxylic acid groups (broad SMARTS) is 1. The van der Waals surface area contributed by atoms with E-state index in [0.29, 0.717) is 82.6 Å². The number of carboxylic acids is 1. The molecule has 22 heteroatoms. The van der Waals surface area contributed by atoms with Crippen LogP contribution in [0.25, 0.3) is 0 Å². The van der Waals surface area contributed by atoms with Gasteiger partial charge >= 0.3 is 35.5 Å². The van der Waals surface area contributed by atoms with E-state index in [4.69, 9.17) is 56.3 Å². The van der Waals surface area contributed by atoms with Crippen LogP contribution in [0.3, 0.4) is 0 Å². The summed E-state index contributed by atoms with van der Waals surface area (Å²) < 4.78 is 116. The number of hydrogen-bond donors (Lipinski definition) is 4. The Morgan fingerprint density at radius 1 is 0.792 bits per heavy atom. The number of rotatable bonds is 11. The molecule has 27 atom stereocenters. The Bertz CT molecular complexity index is 2340. The van der Waals surface area contributed by atoms with Crippen LogP contribution in [0, 0.1) is 11.8 Å². The van der Waals surface area contributed by atoms with Gasteiger partial charge in [0.25, 0.3) is 0 Å². The summed E-state index contributed by atoms with van der Waals surface area (Å²) in [4.78, 5) is 11.8. The SMILES string of the molecule is C=CCC(/C=C/[C@@](C)(O)[C@H]1O[C@@H]2C[C@@H]3O[C@@H]4C[C@@H]5O[C@@H]6C[C@@H]7O[C@@H]8C[C@@H]9O[C@@H]%10C[C@@H]%11O[C@](C)(CCCO)[C@@H](OS(=O)(=O)[O-])C[C@H]%11O[C@H]%10C[C@H]9O[C@H]8CC[C@@]7(C)O[C@@]6(C)C[C@H](C)[C@H]5O[C@H]4[C@@H](O)[C@@]3(C)O[C@H]2CC1=C)C(=O)O.[Na+]. The maximum Gasteiger partial charge on any atom is 1.00 e. The quantitative estimate of drug-likeness (QED) is 0.0975. The summed E-state index contributed by atoms with van der Waals surface area (Å²) in [6, 6.07) is 0. The molecular weight excluding hydrogens is 1040 g/mol. The number of aliphatic hydroxyl groups is 3. The van der Waals surface area contributed by atoms with Gasteiger partial charge in [-0.3, -0.25) is 8.98 Å². The van der Waals surface area contributed by atoms with Crippen LogP contribution in [-0.2, 0) is 71.5 Å². The first-order valence-corrected chi connectivity index (χ1v) is 29.3. The zero-order chi connectivity index (χ0) is 54.1. The fourth-order valence-corrected chi connectivity index (χ4v) is 16.2. The summed E-state index contributed by atoms with van der Waals surface area (Å²) in [6.45, 7) is 19.4. The van der Waals surface area contributed by atoms with E-state index in [1.54, 1.807) is 13.8 Å². The van der Waals surface area contributed by atoms with E-state index in [1.807, 2.05) is 6.92 Å². The Hall–Kier alpha value is -1.00. The van der Waals surface area contributed by atoms with Crippen molar-refractivity contribution in [2.24, 2.45) is 11.8 Å². The molecule has 0 aromatic heterocycles. The molecule has 428 valence electrons. The van der Waals surface area contributed by atoms with Crippen molar-refractivity contribution in [1.29, 1.82) is 0 Å². The van der Waals surface area contributed by atoms with Gasteiger partial charge in [0.15, 0.2) is 0 Å². The van der Waals surface area contributed by atoms with Crippen LogP contribution in [0.2, 0.25) is 0 Å². The minimum atomic E-state index is -5.03. The van der Waals surface area contributed by atoms with E-state index >= 15 is 0 Å². The third kappa shape index (κ3) is 11.2. The molecule has 11 fully saturated rings. The van der Waals surface area contributed by atoms with Crippen LogP contribution in [0.1, 0.15) is 131 Å². The molecule has 0 aromatic carbocycles. The monoisotopic (exact) mass is 1120 g/mol. The van der Waals surface area contributed by atoms with Crippen molar-refractivity contribution in [1.82, 2.24) is 0 Å². The third-order valence-corrected chi connectivity index (χ3v) is 20.1. The van der Waals surface area contributed by atoms with Crippen LogP contribution in [0.5, 0.6) is 0 Å². The van der Waals surface area contributed by atoms with Gasteiger partial charge in [-0.25, -0.2) is 8.42 Å². The van der Waals surface area contributed by atoms with Crippen molar-refractivity contribution < 1.29 is 124 Å². The number of ether oxygens (including phenoxy) is 11. The first kappa shape index (κ1) is 59.2. The summed E-state index contributed by atoms with van der Waals surface area (Å²) >= 11 is 0. The Morgan fingerprint density at radius 2 is 1.38 bits per heavy atom. The molecule has 0 aromatic rings. The molecule has 11 saturated heterocycles. The number of aliphatic carboxylic acids is 1. The van der Waals surface area contributed by atoms with E-state index in [0.717, 1.165) is 0 Å². The predicted octanol–water partition coefficient (Wildman–Crippen LogP) is 1.04. The van der Waals surface area contributed by atoms with Crippen molar-refractivity contribution in [3.05, 3.63) is 37.0 Å². The van der Waals surface area contributed by atoms with Gasteiger partial charge in [-0.1, -0.05) is 31.7 Å². The zero-order valence-electron chi connectivity index (χ0n) is 45.7. The van der Waals surface area contributed by atoms with Gasteiger partial charge in [-0.2, -0.15) is 0 Å². The summed E-state index contributed by atoms with van der Waals surface area (Å²) in [5, 5.41) is 43.2. The number of fused-ring (bicyclic) bond motifs is 10. The van der Waals surface area contributed by atoms with Crippen molar-refractivity contribution in [2.45, 2.75) is 282 Å². The Morgan fingerprint density at radius 3 is 2.04 bits per heavy atom. The minimum absolute atomic E-state index is 0. The molecule has 0 saturated carbocycles. The summed E-state index contributed by atoms with van der Waals surface area (Å²) in [5.41, 5.74) is -4.59. The predicted molar refractivity (Wildman–Crippen MR) is 265 cm³/mol. The number of carbonyl (C=O) groups is 1. The molecule has 20 nitrogen and oxygen atoms in total. The van der Waals surface area contributed by atoms with Crippen molar-refractivity contribution in [3.8, 4) is 0 Å². The second-order valence-electron chi connectivity index (χ2n) is 25.3. The minimum Gasteiger partial charge on any atom is -0.726 e. The summed E-state index contributed by atoms with van der Waals surface area (Å²) in [6.07, 6.45) is 1.21. The van der Waals surface area contributed by atoms with E-state index in [9.17, 15) is 38.2 Å². The second kappa shape index (κ2) is 21.9. The standard InChI is InChI=1S/C55H82O20S.Na/c1-9-11-29(50(58)59)12-15-51(4,60)49-27(2)18-38-37(70-49)24-45-55(8,73-38)48(57)47-41(69-45)22-40-46(71-47)28(3)26-54(7)43(68-40)25-42-53(6,75-54)16-13-30-31(67-42)19-33-32(64-30)20-34-35(65-33)21-39-36(66-34)23-44(74-76(61,62)63)52(5,72-39)14-10-17-56;/h9,12,15,28-49,56-57,60H,1-2,10-11,13-14,16-26H2,3-8H3,(H,58,59)(H,61,62,63);/q;+1/p-1/b15-12+;/t28-,29?,30-,31+,32+,33-,34-,35+,36+,37+,38-,39-,40-,41+,42-,43+,44-,45-,46+,47+,48+,49-,51+,52+,53+,54-,55-;/m0./s1. The zero-order valence-corrected chi connectivity index (χ0v) is 48.5. The average molecular weight is 1120 g/mol. The largest absolute Gasteiger partial charge is 1.00 e. The molecule has 0 radical (unpaired) electrons. The number of hydrogen-bond acceptors (Lipinski definition) is 19. The molecule has 77 heavy (non-hydrogen) atoms. The van der Waals surface area contributed by atoms with Crippen molar-refractivity contribution in [2.75, 3.05) is 6.61 Å². The molecule has 0 bridgehead atoms. The van der Waals surface area contributed by atoms with Crippen LogP contribution < -0.4 is 29.6 Å². The fourth-order valence-electron chi connectivity index (χ4n) is 15.6. The second-order valence-corrected chi connectivity index (χ2v) is 26.3. The van der Waals surface area contributed by atoms with Crippen LogP contribution in [-0.4, -0.2) is 196 Å². The molecule has 11 heterocycles. The molecule has 11 rings (SSSR count). The van der Waals surface area contributed by atoms with Gasteiger partial charge in [0.1, 0.15) is 35.6 Å². The molecule has 11 aliphatic heterocycles. The van der Waals surface area contributed by atoms with Gasteiger partial charge in [0.05, 0.1) is 120 Å². The average Bonchev–Trinajstić information content (AvgIpc) is 3.65. The first-order valence-electron chi connectivity index (χ1n) is 28.0. The number of allylic oxidation sites excluding steroid dienone is 1. The van der Waals surface area contributed by atoms with Gasteiger partial charge in [0, 0.05) is 51.6 Å². The first-order chi connectivity index (χ1) is 35.8. The van der Waals surface area contributed by atoms with Gasteiger partial charge in [-0.15, -0.1) is 6.58 Å². The van der Waals surface area contributed by atoms with E-state index in [-0.39, 0.29) is 116 Å². The Labute approximate surface area is 474 Å². The molecule has 0 aliphatic carbocycles. The normalized spacial score (nSPS) is 51.4. The topological polar surface area (TPSA) is 266 Å². The fraction of sp³-hybridized carbons (Fsp3) is 0.873. The molecular formula is C55H81NaO20S. The van der Waals surface area contributed by atoms with Crippen LogP contribution in [0.4, 0.5) is 0 Å². The smallest absolute Gasteiger partial charge is 0.726 e. The Kier molecular flexibility index (Phi) is 16.8. The molecule has 0 amide bonds. The molecule has 4 N–H and O–H groups in total. The van der Waals surface area contributed by atoms with Crippen LogP contribution in [0.15, 0.2) is 37.0 Å². The maximum absolute atomic E-state index is 12.3.